The van der Waals surface area contributed by atoms with Gasteiger partial charge in [0, 0.05) is 11.0 Å². The number of halogens is 1. The Bertz CT molecular complexity index is 357. The first-order chi connectivity index (χ1) is 5.58. The topological polar surface area (TPSA) is 46.2 Å². The Labute approximate surface area is 84.0 Å². The summed E-state index contributed by atoms with van der Waals surface area (Å²) in [6.45, 7) is 2.16. The molecule has 0 unspecified atom stereocenters. The van der Waals surface area contributed by atoms with E-state index in [1.54, 1.807) is 18.4 Å². The van der Waals surface area contributed by atoms with E-state index in [0.717, 1.165) is 0 Å². The molecule has 1 rings (SSSR count). The molecule has 0 bridgehead atoms. The second-order valence-electron chi connectivity index (χ2n) is 2.06. The van der Waals surface area contributed by atoms with Crippen LogP contribution in [0.3, 0.4) is 0 Å². The predicted molar refractivity (Wildman–Crippen MR) is 52.9 cm³/mol. The summed E-state index contributed by atoms with van der Waals surface area (Å²) in [4.78, 5) is 0. The molecule has 0 radical (unpaired) electrons. The van der Waals surface area contributed by atoms with Crippen molar-refractivity contribution in [3.63, 3.8) is 0 Å². The number of nitrogens with one attached hydrogen (secondary N) is 1. The summed E-state index contributed by atoms with van der Waals surface area (Å²) in [5.41, 5.74) is 0. The van der Waals surface area contributed by atoms with Crippen molar-refractivity contribution in [1.82, 2.24) is 4.72 Å². The number of hydrogen-bond acceptors (Lipinski definition) is 3. The van der Waals surface area contributed by atoms with Gasteiger partial charge in [-0.3, -0.25) is 0 Å². The second-order valence-corrected chi connectivity index (χ2v) is 5.79. The van der Waals surface area contributed by atoms with Gasteiger partial charge in [0.15, 0.2) is 0 Å². The molecule has 68 valence electrons. The number of rotatable bonds is 3. The molecule has 0 fully saturated rings. The van der Waals surface area contributed by atoms with Crippen LogP contribution in [0.5, 0.6) is 0 Å². The molecule has 1 N–H and O–H groups in total. The van der Waals surface area contributed by atoms with Crippen LogP contribution < -0.4 is 4.72 Å². The SMILES string of the molecule is CCNS(=O)(=O)c1sccc1Br. The molecule has 1 heterocycles. The fourth-order valence-electron chi connectivity index (χ4n) is 0.727. The van der Waals surface area contributed by atoms with Crippen LogP contribution in [0.15, 0.2) is 20.1 Å². The van der Waals surface area contributed by atoms with Gasteiger partial charge in [0.1, 0.15) is 4.21 Å². The molecule has 6 heteroatoms. The van der Waals surface area contributed by atoms with Crippen molar-refractivity contribution in [2.24, 2.45) is 0 Å². The van der Waals surface area contributed by atoms with E-state index in [2.05, 4.69) is 20.7 Å². The largest absolute Gasteiger partial charge is 0.251 e. The van der Waals surface area contributed by atoms with E-state index in [0.29, 0.717) is 15.2 Å². The number of sulfonamides is 1. The highest BCUT2D eigenvalue weighted by Crippen LogP contribution is 2.26. The first-order valence-corrected chi connectivity index (χ1v) is 6.46. The van der Waals surface area contributed by atoms with Crippen molar-refractivity contribution >= 4 is 37.3 Å². The van der Waals surface area contributed by atoms with Gasteiger partial charge in [-0.25, -0.2) is 13.1 Å². The van der Waals surface area contributed by atoms with Gasteiger partial charge in [-0.2, -0.15) is 0 Å². The highest BCUT2D eigenvalue weighted by atomic mass is 79.9. The average molecular weight is 270 g/mol. The quantitative estimate of drug-likeness (QED) is 0.910. The van der Waals surface area contributed by atoms with Gasteiger partial charge >= 0.3 is 0 Å². The molecule has 0 aromatic carbocycles. The normalized spacial score (nSPS) is 11.8. The molecule has 0 saturated carbocycles. The monoisotopic (exact) mass is 269 g/mol. The van der Waals surface area contributed by atoms with Crippen LogP contribution >= 0.6 is 27.3 Å². The van der Waals surface area contributed by atoms with Crippen molar-refractivity contribution in [3.8, 4) is 0 Å². The molecule has 0 aliphatic carbocycles. The fourth-order valence-corrected chi connectivity index (χ4v) is 4.15. The Hall–Kier alpha value is 0.0900. The Morgan fingerprint density at radius 3 is 2.75 bits per heavy atom. The van der Waals surface area contributed by atoms with Gasteiger partial charge in [-0.1, -0.05) is 6.92 Å². The summed E-state index contributed by atoms with van der Waals surface area (Å²) in [5.74, 6) is 0. The van der Waals surface area contributed by atoms with E-state index in [-0.39, 0.29) is 0 Å². The maximum absolute atomic E-state index is 11.4. The van der Waals surface area contributed by atoms with Crippen molar-refractivity contribution < 1.29 is 8.42 Å². The minimum absolute atomic E-state index is 0.337. The van der Waals surface area contributed by atoms with Gasteiger partial charge in [-0.15, -0.1) is 11.3 Å². The Morgan fingerprint density at radius 2 is 2.33 bits per heavy atom. The van der Waals surface area contributed by atoms with E-state index in [1.165, 1.54) is 11.3 Å². The molecule has 0 aliphatic heterocycles. The highest BCUT2D eigenvalue weighted by Gasteiger charge is 2.17. The summed E-state index contributed by atoms with van der Waals surface area (Å²) in [5, 5.41) is 1.73. The standard InChI is InChI=1S/C6H8BrNO2S2/c1-2-8-12(9,10)6-5(7)3-4-11-6/h3-4,8H,2H2,1H3. The number of thiophene rings is 1. The van der Waals surface area contributed by atoms with Crippen LogP contribution in [0.1, 0.15) is 6.92 Å². The lowest BCUT2D eigenvalue weighted by molar-refractivity contribution is 0.585. The zero-order valence-corrected chi connectivity index (χ0v) is 9.59. The summed E-state index contributed by atoms with van der Waals surface area (Å²) >= 11 is 4.36. The first kappa shape index (κ1) is 10.2. The molecular formula is C6H8BrNO2S2. The minimum atomic E-state index is -3.28. The number of hydrogen-bond donors (Lipinski definition) is 1. The van der Waals surface area contributed by atoms with Gasteiger partial charge in [0.2, 0.25) is 0 Å². The van der Waals surface area contributed by atoms with E-state index in [9.17, 15) is 8.42 Å². The zero-order chi connectivity index (χ0) is 9.19. The maximum Gasteiger partial charge on any atom is 0.251 e. The van der Waals surface area contributed by atoms with E-state index < -0.39 is 10.0 Å². The molecule has 0 amide bonds. The molecular weight excluding hydrogens is 262 g/mol. The third kappa shape index (κ3) is 2.07. The lowest BCUT2D eigenvalue weighted by atomic mass is 10.7. The van der Waals surface area contributed by atoms with Crippen LogP contribution in [0, 0.1) is 0 Å². The summed E-state index contributed by atoms with van der Waals surface area (Å²) in [6.07, 6.45) is 0. The molecule has 0 aliphatic rings. The van der Waals surface area contributed by atoms with Gasteiger partial charge in [0.25, 0.3) is 10.0 Å². The summed E-state index contributed by atoms with van der Waals surface area (Å²) in [7, 11) is -3.28. The maximum atomic E-state index is 11.4. The van der Waals surface area contributed by atoms with Crippen molar-refractivity contribution in [2.75, 3.05) is 6.54 Å². The lowest BCUT2D eigenvalue weighted by Crippen LogP contribution is -2.22. The molecule has 0 spiro atoms. The Kier molecular flexibility index (Phi) is 3.28. The Morgan fingerprint density at radius 1 is 1.67 bits per heavy atom. The first-order valence-electron chi connectivity index (χ1n) is 3.30. The molecule has 3 nitrogen and oxygen atoms in total. The zero-order valence-electron chi connectivity index (χ0n) is 6.37. The molecule has 1 aromatic heterocycles. The predicted octanol–water partition coefficient (Wildman–Crippen LogP) is 1.81. The van der Waals surface area contributed by atoms with E-state index >= 15 is 0 Å². The van der Waals surface area contributed by atoms with Crippen molar-refractivity contribution in [3.05, 3.63) is 15.9 Å². The third-order valence-electron chi connectivity index (χ3n) is 1.16. The van der Waals surface area contributed by atoms with Crippen molar-refractivity contribution in [1.29, 1.82) is 0 Å². The molecule has 1 aromatic rings. The smallest absolute Gasteiger partial charge is 0.211 e. The summed E-state index contributed by atoms with van der Waals surface area (Å²) in [6, 6.07) is 1.72. The second kappa shape index (κ2) is 3.87. The van der Waals surface area contributed by atoms with Crippen LogP contribution in [-0.2, 0) is 10.0 Å². The van der Waals surface area contributed by atoms with Gasteiger partial charge < -0.3 is 0 Å². The lowest BCUT2D eigenvalue weighted by Gasteiger charge is -2.00. The van der Waals surface area contributed by atoms with Crippen LogP contribution in [0.25, 0.3) is 0 Å². The van der Waals surface area contributed by atoms with Gasteiger partial charge in [0.05, 0.1) is 0 Å². The molecule has 12 heavy (non-hydrogen) atoms. The molecule has 0 atom stereocenters. The van der Waals surface area contributed by atoms with Crippen LogP contribution in [0.4, 0.5) is 0 Å². The van der Waals surface area contributed by atoms with Crippen LogP contribution in [-0.4, -0.2) is 15.0 Å². The Balaban J connectivity index is 3.06. The van der Waals surface area contributed by atoms with E-state index in [1.807, 2.05) is 0 Å². The molecule has 0 saturated heterocycles. The van der Waals surface area contributed by atoms with Crippen LogP contribution in [0.2, 0.25) is 0 Å². The minimum Gasteiger partial charge on any atom is -0.211 e. The van der Waals surface area contributed by atoms with E-state index in [4.69, 9.17) is 0 Å². The third-order valence-corrected chi connectivity index (χ3v) is 5.38. The van der Waals surface area contributed by atoms with Gasteiger partial charge in [-0.05, 0) is 27.4 Å². The fraction of sp³-hybridized carbons (Fsp3) is 0.333. The highest BCUT2D eigenvalue weighted by molar-refractivity contribution is 9.10. The average Bonchev–Trinajstić information content (AvgIpc) is 2.35. The van der Waals surface area contributed by atoms with Crippen molar-refractivity contribution in [2.45, 2.75) is 11.1 Å². The summed E-state index contributed by atoms with van der Waals surface area (Å²) < 4.78 is 26.1.